The molecule has 0 fully saturated rings. The van der Waals surface area contributed by atoms with Gasteiger partial charge in [-0.25, -0.2) is 0 Å². The van der Waals surface area contributed by atoms with Crippen molar-refractivity contribution in [3.63, 3.8) is 0 Å². The van der Waals surface area contributed by atoms with Crippen LogP contribution in [0.15, 0.2) is 66.4 Å². The Hall–Kier alpha value is -2.55. The third-order valence-electron chi connectivity index (χ3n) is 3.42. The molecule has 1 aliphatic heterocycles. The molecular weight excluding hydrogens is 262 g/mol. The van der Waals surface area contributed by atoms with Crippen LogP contribution in [-0.4, -0.2) is 24.8 Å². The molecule has 2 aromatic carbocycles. The van der Waals surface area contributed by atoms with Gasteiger partial charge in [0.15, 0.2) is 11.9 Å². The van der Waals surface area contributed by atoms with E-state index in [0.717, 1.165) is 5.56 Å². The average Bonchev–Trinajstić information content (AvgIpc) is 2.50. The lowest BCUT2D eigenvalue weighted by Crippen LogP contribution is -2.25. The Morgan fingerprint density at radius 3 is 2.38 bits per heavy atom. The predicted molar refractivity (Wildman–Crippen MR) is 82.4 cm³/mol. The second kappa shape index (κ2) is 5.44. The SMILES string of the molecule is CN(C)/C=C1/C(=O)c2ccccc2OC1c1ccccc1. The van der Waals surface area contributed by atoms with Crippen LogP contribution in [0.4, 0.5) is 0 Å². The van der Waals surface area contributed by atoms with E-state index in [1.165, 1.54) is 0 Å². The highest BCUT2D eigenvalue weighted by Crippen LogP contribution is 2.38. The van der Waals surface area contributed by atoms with Crippen molar-refractivity contribution in [1.82, 2.24) is 4.90 Å². The Morgan fingerprint density at radius 1 is 1.00 bits per heavy atom. The summed E-state index contributed by atoms with van der Waals surface area (Å²) in [6.07, 6.45) is 1.48. The van der Waals surface area contributed by atoms with Crippen LogP contribution >= 0.6 is 0 Å². The first-order valence-electron chi connectivity index (χ1n) is 6.90. The molecule has 106 valence electrons. The number of ether oxygens (including phenoxy) is 1. The fraction of sp³-hybridized carbons (Fsp3) is 0.167. The summed E-state index contributed by atoms with van der Waals surface area (Å²) in [6, 6.07) is 17.2. The summed E-state index contributed by atoms with van der Waals surface area (Å²) < 4.78 is 6.09. The number of benzene rings is 2. The first-order chi connectivity index (χ1) is 10.2. The minimum absolute atomic E-state index is 0.0272. The quantitative estimate of drug-likeness (QED) is 0.789. The van der Waals surface area contributed by atoms with Crippen LogP contribution in [0.3, 0.4) is 0 Å². The number of hydrogen-bond acceptors (Lipinski definition) is 3. The molecule has 1 unspecified atom stereocenters. The predicted octanol–water partition coefficient (Wildman–Crippen LogP) is 3.45. The van der Waals surface area contributed by atoms with E-state index in [1.54, 1.807) is 0 Å². The van der Waals surface area contributed by atoms with Gasteiger partial charge in [0.05, 0.1) is 11.1 Å². The van der Waals surface area contributed by atoms with Crippen molar-refractivity contribution in [3.05, 3.63) is 77.5 Å². The van der Waals surface area contributed by atoms with Crippen LogP contribution in [-0.2, 0) is 0 Å². The zero-order valence-corrected chi connectivity index (χ0v) is 12.1. The van der Waals surface area contributed by atoms with Gasteiger partial charge in [-0.3, -0.25) is 4.79 Å². The third kappa shape index (κ3) is 2.55. The molecule has 0 bridgehead atoms. The minimum atomic E-state index is -0.365. The molecule has 0 amide bonds. The van der Waals surface area contributed by atoms with Gasteiger partial charge in [-0.05, 0) is 17.7 Å². The number of fused-ring (bicyclic) bond motifs is 1. The fourth-order valence-corrected chi connectivity index (χ4v) is 2.50. The van der Waals surface area contributed by atoms with E-state index in [1.807, 2.05) is 79.8 Å². The van der Waals surface area contributed by atoms with E-state index in [-0.39, 0.29) is 11.9 Å². The van der Waals surface area contributed by atoms with E-state index in [0.29, 0.717) is 16.9 Å². The third-order valence-corrected chi connectivity index (χ3v) is 3.42. The zero-order chi connectivity index (χ0) is 14.8. The van der Waals surface area contributed by atoms with Crippen molar-refractivity contribution in [1.29, 1.82) is 0 Å². The topological polar surface area (TPSA) is 29.5 Å². The lowest BCUT2D eigenvalue weighted by Gasteiger charge is -2.28. The molecular formula is C18H17NO2. The number of carbonyl (C=O) groups excluding carboxylic acids is 1. The molecule has 0 aromatic heterocycles. The second-order valence-electron chi connectivity index (χ2n) is 5.28. The molecule has 21 heavy (non-hydrogen) atoms. The smallest absolute Gasteiger partial charge is 0.198 e. The first kappa shape index (κ1) is 13.4. The van der Waals surface area contributed by atoms with Gasteiger partial charge in [-0.1, -0.05) is 42.5 Å². The van der Waals surface area contributed by atoms with Crippen LogP contribution < -0.4 is 4.74 Å². The van der Waals surface area contributed by atoms with Crippen molar-refractivity contribution in [2.75, 3.05) is 14.1 Å². The van der Waals surface area contributed by atoms with Gasteiger partial charge >= 0.3 is 0 Å². The van der Waals surface area contributed by atoms with E-state index in [2.05, 4.69) is 0 Å². The maximum Gasteiger partial charge on any atom is 0.198 e. The van der Waals surface area contributed by atoms with Gasteiger partial charge < -0.3 is 9.64 Å². The number of ketones is 1. The van der Waals surface area contributed by atoms with Gasteiger partial charge in [-0.15, -0.1) is 0 Å². The molecule has 0 radical (unpaired) electrons. The summed E-state index contributed by atoms with van der Waals surface area (Å²) in [5.74, 6) is 0.673. The van der Waals surface area contributed by atoms with E-state index >= 15 is 0 Å². The number of Topliss-reactive ketones (excluding diaryl/α,β-unsaturated/α-hetero) is 1. The van der Waals surface area contributed by atoms with E-state index in [9.17, 15) is 4.79 Å². The monoisotopic (exact) mass is 279 g/mol. The van der Waals surface area contributed by atoms with Gasteiger partial charge in [0.25, 0.3) is 0 Å². The standard InChI is InChI=1S/C18H17NO2/c1-19(2)12-15-17(20)14-10-6-7-11-16(14)21-18(15)13-8-4-3-5-9-13/h3-12,18H,1-2H3/b15-12-. The molecule has 1 heterocycles. The zero-order valence-electron chi connectivity index (χ0n) is 12.1. The minimum Gasteiger partial charge on any atom is -0.480 e. The molecule has 1 atom stereocenters. The highest BCUT2D eigenvalue weighted by atomic mass is 16.5. The average molecular weight is 279 g/mol. The fourth-order valence-electron chi connectivity index (χ4n) is 2.50. The van der Waals surface area contributed by atoms with Gasteiger partial charge in [-0.2, -0.15) is 0 Å². The second-order valence-corrected chi connectivity index (χ2v) is 5.28. The molecule has 0 saturated carbocycles. The summed E-state index contributed by atoms with van der Waals surface area (Å²) >= 11 is 0. The van der Waals surface area contributed by atoms with Crippen molar-refractivity contribution < 1.29 is 9.53 Å². The highest BCUT2D eigenvalue weighted by Gasteiger charge is 2.32. The van der Waals surface area contributed by atoms with Crippen LogP contribution in [0.1, 0.15) is 22.0 Å². The number of para-hydroxylation sites is 1. The van der Waals surface area contributed by atoms with E-state index < -0.39 is 0 Å². The summed E-state index contributed by atoms with van der Waals surface area (Å²) in [4.78, 5) is 14.6. The Bertz CT molecular complexity index is 689. The first-order valence-corrected chi connectivity index (χ1v) is 6.90. The lowest BCUT2D eigenvalue weighted by molar-refractivity contribution is 0.0957. The van der Waals surface area contributed by atoms with Crippen molar-refractivity contribution in [2.45, 2.75) is 6.10 Å². The van der Waals surface area contributed by atoms with Crippen LogP contribution in [0.25, 0.3) is 0 Å². The van der Waals surface area contributed by atoms with Crippen LogP contribution in [0.5, 0.6) is 5.75 Å². The normalized spacial score (nSPS) is 19.0. The summed E-state index contributed by atoms with van der Waals surface area (Å²) in [7, 11) is 3.81. The molecule has 1 aliphatic rings. The van der Waals surface area contributed by atoms with Crippen molar-refractivity contribution in [2.24, 2.45) is 0 Å². The van der Waals surface area contributed by atoms with Gasteiger partial charge in [0.1, 0.15) is 5.75 Å². The molecule has 3 nitrogen and oxygen atoms in total. The Morgan fingerprint density at radius 2 is 1.67 bits per heavy atom. The summed E-state index contributed by atoms with van der Waals surface area (Å²) in [6.45, 7) is 0. The van der Waals surface area contributed by atoms with E-state index in [4.69, 9.17) is 4.74 Å². The molecule has 2 aromatic rings. The Balaban J connectivity index is 2.12. The Labute approximate surface area is 124 Å². The summed E-state index contributed by atoms with van der Waals surface area (Å²) in [5, 5.41) is 0. The van der Waals surface area contributed by atoms with Crippen LogP contribution in [0.2, 0.25) is 0 Å². The lowest BCUT2D eigenvalue weighted by atomic mass is 9.91. The number of carbonyl (C=O) groups is 1. The maximum atomic E-state index is 12.8. The van der Waals surface area contributed by atoms with Crippen molar-refractivity contribution >= 4 is 5.78 Å². The van der Waals surface area contributed by atoms with Gasteiger partial charge in [0.2, 0.25) is 0 Å². The number of nitrogens with zero attached hydrogens (tertiary/aromatic N) is 1. The summed E-state index contributed by atoms with van der Waals surface area (Å²) in [5.41, 5.74) is 2.26. The highest BCUT2D eigenvalue weighted by molar-refractivity contribution is 6.12. The number of hydrogen-bond donors (Lipinski definition) is 0. The number of rotatable bonds is 2. The maximum absolute atomic E-state index is 12.8. The van der Waals surface area contributed by atoms with Crippen LogP contribution in [0, 0.1) is 0 Å². The molecule has 3 heteroatoms. The molecule has 0 aliphatic carbocycles. The van der Waals surface area contributed by atoms with Crippen molar-refractivity contribution in [3.8, 4) is 5.75 Å². The molecule has 0 spiro atoms. The molecule has 0 N–H and O–H groups in total. The Kier molecular flexibility index (Phi) is 3.48. The van der Waals surface area contributed by atoms with Gasteiger partial charge in [0, 0.05) is 20.3 Å². The molecule has 3 rings (SSSR count). The largest absolute Gasteiger partial charge is 0.480 e. The molecule has 0 saturated heterocycles.